The summed E-state index contributed by atoms with van der Waals surface area (Å²) < 4.78 is 8.92. The van der Waals surface area contributed by atoms with E-state index in [1.165, 1.54) is 7.11 Å². The van der Waals surface area contributed by atoms with Crippen LogP contribution in [0.3, 0.4) is 0 Å². The molecule has 1 unspecified atom stereocenters. The Kier molecular flexibility index (Phi) is 6.03. The molecule has 142 valence electrons. The minimum atomic E-state index is -0.241. The molecule has 0 radical (unpaired) electrons. The molecule has 2 aromatic heterocycles. The summed E-state index contributed by atoms with van der Waals surface area (Å²) in [5.41, 5.74) is 1.60. The molecule has 7 heteroatoms. The van der Waals surface area contributed by atoms with E-state index >= 15 is 0 Å². The molecule has 0 fully saturated rings. The molecule has 7 nitrogen and oxygen atoms in total. The number of para-hydroxylation sites is 1. The quantitative estimate of drug-likeness (QED) is 0.663. The van der Waals surface area contributed by atoms with Crippen LogP contribution in [-0.2, 0) is 0 Å². The van der Waals surface area contributed by atoms with Crippen LogP contribution in [0.25, 0.3) is 17.1 Å². The maximum Gasteiger partial charge on any atom is 0.251 e. The number of hydrogen-bond acceptors (Lipinski definition) is 5. The van der Waals surface area contributed by atoms with Gasteiger partial charge in [0.2, 0.25) is 0 Å². The smallest absolute Gasteiger partial charge is 0.251 e. The van der Waals surface area contributed by atoms with Gasteiger partial charge in [0.1, 0.15) is 0 Å². The first-order chi connectivity index (χ1) is 13.2. The third-order valence-corrected chi connectivity index (χ3v) is 4.58. The highest BCUT2D eigenvalue weighted by molar-refractivity contribution is 5.58. The second-order valence-electron chi connectivity index (χ2n) is 6.27. The van der Waals surface area contributed by atoms with Gasteiger partial charge in [-0.05, 0) is 44.6 Å². The summed E-state index contributed by atoms with van der Waals surface area (Å²) in [6.45, 7) is 2.98. The summed E-state index contributed by atoms with van der Waals surface area (Å²) in [4.78, 5) is 12.9. The Bertz CT molecular complexity index is 933. The van der Waals surface area contributed by atoms with Gasteiger partial charge in [-0.3, -0.25) is 9.48 Å². The van der Waals surface area contributed by atoms with E-state index in [0.29, 0.717) is 11.4 Å². The van der Waals surface area contributed by atoms with Crippen molar-refractivity contribution in [3.63, 3.8) is 0 Å². The Labute approximate surface area is 158 Å². The standard InChI is InChI=1S/C20H25N5O2/c1-4-15(10-12-21-2)24-14-18(27-3)20(26)19(23-24)17-11-13-22-25(17)16-8-6-5-7-9-16/h5-9,11,13-15,21H,4,10,12H2,1-3H3. The zero-order valence-corrected chi connectivity index (χ0v) is 15.9. The minimum Gasteiger partial charge on any atom is -0.491 e. The fourth-order valence-electron chi connectivity index (χ4n) is 3.08. The Morgan fingerprint density at radius 2 is 2.00 bits per heavy atom. The third-order valence-electron chi connectivity index (χ3n) is 4.58. The summed E-state index contributed by atoms with van der Waals surface area (Å²) >= 11 is 0. The van der Waals surface area contributed by atoms with E-state index in [2.05, 4.69) is 22.4 Å². The minimum absolute atomic E-state index is 0.166. The lowest BCUT2D eigenvalue weighted by molar-refractivity contribution is 0.369. The largest absolute Gasteiger partial charge is 0.491 e. The molecular formula is C20H25N5O2. The van der Waals surface area contributed by atoms with Crippen LogP contribution in [0.4, 0.5) is 0 Å². The fourth-order valence-corrected chi connectivity index (χ4v) is 3.08. The lowest BCUT2D eigenvalue weighted by Gasteiger charge is -2.19. The highest BCUT2D eigenvalue weighted by Crippen LogP contribution is 2.22. The molecule has 0 aliphatic heterocycles. The van der Waals surface area contributed by atoms with Crippen LogP contribution in [-0.4, -0.2) is 40.3 Å². The van der Waals surface area contributed by atoms with Gasteiger partial charge >= 0.3 is 0 Å². The molecule has 1 atom stereocenters. The maximum atomic E-state index is 12.9. The number of benzene rings is 1. The van der Waals surface area contributed by atoms with Crippen LogP contribution in [0, 0.1) is 0 Å². The maximum absolute atomic E-state index is 12.9. The van der Waals surface area contributed by atoms with Crippen LogP contribution in [0.15, 0.2) is 53.6 Å². The van der Waals surface area contributed by atoms with Crippen molar-refractivity contribution in [3.8, 4) is 22.8 Å². The first-order valence-electron chi connectivity index (χ1n) is 9.11. The van der Waals surface area contributed by atoms with Crippen molar-refractivity contribution in [1.29, 1.82) is 0 Å². The molecule has 27 heavy (non-hydrogen) atoms. The van der Waals surface area contributed by atoms with Gasteiger partial charge in [0, 0.05) is 0 Å². The molecule has 0 saturated carbocycles. The van der Waals surface area contributed by atoms with E-state index in [1.807, 2.05) is 42.1 Å². The van der Waals surface area contributed by atoms with Crippen molar-refractivity contribution in [1.82, 2.24) is 24.9 Å². The fraction of sp³-hybridized carbons (Fsp3) is 0.350. The van der Waals surface area contributed by atoms with Crippen LogP contribution in [0.1, 0.15) is 25.8 Å². The second-order valence-corrected chi connectivity index (χ2v) is 6.27. The van der Waals surface area contributed by atoms with Crippen molar-refractivity contribution in [2.75, 3.05) is 20.7 Å². The van der Waals surface area contributed by atoms with Crippen molar-refractivity contribution in [3.05, 3.63) is 59.0 Å². The highest BCUT2D eigenvalue weighted by atomic mass is 16.5. The van der Waals surface area contributed by atoms with E-state index in [9.17, 15) is 4.79 Å². The summed E-state index contributed by atoms with van der Waals surface area (Å²) in [5.74, 6) is 0.281. The Hall–Kier alpha value is -2.93. The molecule has 2 heterocycles. The molecule has 0 amide bonds. The molecule has 1 aromatic carbocycles. The topological polar surface area (TPSA) is 74.0 Å². The number of aromatic nitrogens is 4. The van der Waals surface area contributed by atoms with Gasteiger partial charge < -0.3 is 10.1 Å². The molecule has 0 aliphatic carbocycles. The number of methoxy groups -OCH3 is 1. The molecule has 0 aliphatic rings. The zero-order chi connectivity index (χ0) is 19.2. The van der Waals surface area contributed by atoms with E-state index < -0.39 is 0 Å². The van der Waals surface area contributed by atoms with E-state index in [1.54, 1.807) is 23.1 Å². The van der Waals surface area contributed by atoms with Crippen molar-refractivity contribution in [2.45, 2.75) is 25.8 Å². The van der Waals surface area contributed by atoms with Gasteiger partial charge in [0.05, 0.1) is 36.9 Å². The van der Waals surface area contributed by atoms with Gasteiger partial charge in [0.25, 0.3) is 5.43 Å². The number of ether oxygens (including phenoxy) is 1. The molecule has 0 spiro atoms. The zero-order valence-electron chi connectivity index (χ0n) is 15.9. The van der Waals surface area contributed by atoms with Gasteiger partial charge in [-0.25, -0.2) is 4.68 Å². The first-order valence-corrected chi connectivity index (χ1v) is 9.11. The van der Waals surface area contributed by atoms with Crippen molar-refractivity contribution >= 4 is 0 Å². The summed E-state index contributed by atoms with van der Waals surface area (Å²) in [5, 5.41) is 12.2. The molecule has 3 aromatic rings. The highest BCUT2D eigenvalue weighted by Gasteiger charge is 2.19. The lowest BCUT2D eigenvalue weighted by atomic mass is 10.1. The van der Waals surface area contributed by atoms with Crippen LogP contribution in [0.5, 0.6) is 5.75 Å². The van der Waals surface area contributed by atoms with Gasteiger partial charge in [-0.15, -0.1) is 0 Å². The number of nitrogens with zero attached hydrogens (tertiary/aromatic N) is 4. The lowest BCUT2D eigenvalue weighted by Crippen LogP contribution is -2.23. The van der Waals surface area contributed by atoms with Crippen molar-refractivity contribution in [2.24, 2.45) is 0 Å². The number of nitrogens with one attached hydrogen (secondary N) is 1. The van der Waals surface area contributed by atoms with Crippen LogP contribution >= 0.6 is 0 Å². The predicted molar refractivity (Wildman–Crippen MR) is 105 cm³/mol. The second kappa shape index (κ2) is 8.64. The van der Waals surface area contributed by atoms with Crippen LogP contribution < -0.4 is 15.5 Å². The number of rotatable bonds is 8. The molecule has 0 saturated heterocycles. The Morgan fingerprint density at radius 3 is 2.67 bits per heavy atom. The van der Waals surface area contributed by atoms with Gasteiger partial charge in [0.15, 0.2) is 11.4 Å². The average molecular weight is 367 g/mol. The van der Waals surface area contributed by atoms with Gasteiger partial charge in [-0.1, -0.05) is 25.1 Å². The van der Waals surface area contributed by atoms with E-state index in [4.69, 9.17) is 4.74 Å². The number of hydrogen-bond donors (Lipinski definition) is 1. The molecule has 1 N–H and O–H groups in total. The Morgan fingerprint density at radius 1 is 1.22 bits per heavy atom. The molecule has 3 rings (SSSR count). The van der Waals surface area contributed by atoms with Crippen molar-refractivity contribution < 1.29 is 4.74 Å². The first kappa shape index (κ1) is 18.8. The van der Waals surface area contributed by atoms with E-state index in [0.717, 1.165) is 25.1 Å². The average Bonchev–Trinajstić information content (AvgIpc) is 3.19. The molecular weight excluding hydrogens is 342 g/mol. The predicted octanol–water partition coefficient (Wildman–Crippen LogP) is 2.67. The SMILES string of the molecule is CCC(CCNC)n1cc(OC)c(=O)c(-c2ccnn2-c2ccccc2)n1. The molecule has 0 bridgehead atoms. The van der Waals surface area contributed by atoms with Gasteiger partial charge in [-0.2, -0.15) is 10.2 Å². The summed E-state index contributed by atoms with van der Waals surface area (Å²) in [6, 6.07) is 11.7. The third kappa shape index (κ3) is 3.93. The summed E-state index contributed by atoms with van der Waals surface area (Å²) in [6.07, 6.45) is 5.17. The summed E-state index contributed by atoms with van der Waals surface area (Å²) in [7, 11) is 3.43. The monoisotopic (exact) mass is 367 g/mol. The van der Waals surface area contributed by atoms with Crippen LogP contribution in [0.2, 0.25) is 0 Å². The Balaban J connectivity index is 2.12. The van der Waals surface area contributed by atoms with E-state index in [-0.39, 0.29) is 17.2 Å². The normalized spacial score (nSPS) is 12.1.